The molecule has 0 radical (unpaired) electrons. The number of aryl methyl sites for hydroxylation is 1. The second-order valence-corrected chi connectivity index (χ2v) is 9.47. The SMILES string of the molecule is CCO[C@H]1CN(c2nccs2)C[C@H]1Nc1c(CC)nc(-c2ccc(Cl)cc2Cl)n(CC)c1=O. The fraction of sp³-hybridized carbons (Fsp3) is 0.435. The maximum atomic E-state index is 13.6. The third-order valence-corrected chi connectivity index (χ3v) is 7.11. The molecule has 33 heavy (non-hydrogen) atoms. The van der Waals surface area contributed by atoms with E-state index in [1.165, 1.54) is 0 Å². The highest BCUT2D eigenvalue weighted by molar-refractivity contribution is 7.13. The Labute approximate surface area is 207 Å². The first-order chi connectivity index (χ1) is 16.0. The molecular weight excluding hydrogens is 481 g/mol. The van der Waals surface area contributed by atoms with Crippen LogP contribution in [0.3, 0.4) is 0 Å². The second-order valence-electron chi connectivity index (χ2n) is 7.75. The smallest absolute Gasteiger partial charge is 0.277 e. The number of anilines is 2. The van der Waals surface area contributed by atoms with Gasteiger partial charge in [-0.1, -0.05) is 30.1 Å². The van der Waals surface area contributed by atoms with Crippen LogP contribution in [0.5, 0.6) is 0 Å². The number of nitrogens with zero attached hydrogens (tertiary/aromatic N) is 4. The van der Waals surface area contributed by atoms with Gasteiger partial charge in [-0.25, -0.2) is 9.97 Å². The van der Waals surface area contributed by atoms with Gasteiger partial charge in [-0.05, 0) is 38.5 Å². The Bertz CT molecular complexity index is 1170. The molecule has 1 aromatic carbocycles. The Morgan fingerprint density at radius 1 is 1.24 bits per heavy atom. The second kappa shape index (κ2) is 10.4. The maximum Gasteiger partial charge on any atom is 0.277 e. The summed E-state index contributed by atoms with van der Waals surface area (Å²) >= 11 is 14.1. The fourth-order valence-corrected chi connectivity index (χ4v) is 5.33. The van der Waals surface area contributed by atoms with E-state index in [9.17, 15) is 4.79 Å². The molecular formula is C23H27Cl2N5O2S. The van der Waals surface area contributed by atoms with E-state index in [2.05, 4.69) is 15.2 Å². The van der Waals surface area contributed by atoms with Crippen LogP contribution in [0.25, 0.3) is 11.4 Å². The summed E-state index contributed by atoms with van der Waals surface area (Å²) in [6, 6.07) is 5.16. The lowest BCUT2D eigenvalue weighted by atomic mass is 10.1. The van der Waals surface area contributed by atoms with Crippen LogP contribution in [0.15, 0.2) is 34.6 Å². The Morgan fingerprint density at radius 2 is 2.06 bits per heavy atom. The minimum Gasteiger partial charge on any atom is -0.374 e. The molecule has 2 aromatic heterocycles. The molecule has 0 unspecified atom stereocenters. The molecule has 4 rings (SSSR count). The number of nitrogens with one attached hydrogen (secondary N) is 1. The van der Waals surface area contributed by atoms with Crippen LogP contribution >= 0.6 is 34.5 Å². The van der Waals surface area contributed by atoms with E-state index in [4.69, 9.17) is 32.9 Å². The molecule has 1 aliphatic rings. The summed E-state index contributed by atoms with van der Waals surface area (Å²) in [5, 5.41) is 7.41. The number of benzene rings is 1. The van der Waals surface area contributed by atoms with E-state index in [0.29, 0.717) is 65.5 Å². The molecule has 1 aliphatic heterocycles. The van der Waals surface area contributed by atoms with E-state index in [-0.39, 0.29) is 17.7 Å². The van der Waals surface area contributed by atoms with Crippen LogP contribution in [-0.2, 0) is 17.7 Å². The van der Waals surface area contributed by atoms with Crippen molar-refractivity contribution in [3.63, 3.8) is 0 Å². The van der Waals surface area contributed by atoms with Crippen LogP contribution in [0.4, 0.5) is 10.8 Å². The van der Waals surface area contributed by atoms with Gasteiger partial charge in [-0.2, -0.15) is 0 Å². The third-order valence-electron chi connectivity index (χ3n) is 5.73. The van der Waals surface area contributed by atoms with E-state index >= 15 is 0 Å². The Hall–Kier alpha value is -2.13. The highest BCUT2D eigenvalue weighted by Gasteiger charge is 2.35. The van der Waals surface area contributed by atoms with Gasteiger partial charge >= 0.3 is 0 Å². The molecule has 3 heterocycles. The standard InChI is InChI=1S/C23H27Cl2N5O2S/c1-4-17-20(27-18-12-29(13-19(18)32-6-3)23-26-9-10-33-23)22(31)30(5-2)21(28-17)15-8-7-14(24)11-16(15)25/h7-11,18-19,27H,4-6,12-13H2,1-3H3/t18-,19+/m1/s1. The fourth-order valence-electron chi connectivity index (χ4n) is 4.18. The predicted molar refractivity (Wildman–Crippen MR) is 136 cm³/mol. The van der Waals surface area contributed by atoms with Crippen molar-refractivity contribution in [3.05, 3.63) is 55.9 Å². The average Bonchev–Trinajstić information content (AvgIpc) is 3.46. The summed E-state index contributed by atoms with van der Waals surface area (Å²) in [7, 11) is 0. The monoisotopic (exact) mass is 507 g/mol. The number of halogens is 2. The van der Waals surface area contributed by atoms with Gasteiger partial charge in [0.05, 0.1) is 22.9 Å². The van der Waals surface area contributed by atoms with Crippen molar-refractivity contribution in [2.45, 2.75) is 45.9 Å². The highest BCUT2D eigenvalue weighted by Crippen LogP contribution is 2.31. The molecule has 1 N–H and O–H groups in total. The topological polar surface area (TPSA) is 72.3 Å². The quantitative estimate of drug-likeness (QED) is 0.464. The summed E-state index contributed by atoms with van der Waals surface area (Å²) in [4.78, 5) is 25.1. The molecule has 7 nitrogen and oxygen atoms in total. The summed E-state index contributed by atoms with van der Waals surface area (Å²) in [5.41, 5.74) is 1.79. The van der Waals surface area contributed by atoms with Crippen molar-refractivity contribution in [1.82, 2.24) is 14.5 Å². The normalized spacial score (nSPS) is 18.2. The molecule has 2 atom stereocenters. The lowest BCUT2D eigenvalue weighted by Crippen LogP contribution is -2.38. The number of hydrogen-bond acceptors (Lipinski definition) is 7. The van der Waals surface area contributed by atoms with Crippen LogP contribution in [0.2, 0.25) is 10.0 Å². The summed E-state index contributed by atoms with van der Waals surface area (Å²) in [6.45, 7) is 8.37. The first kappa shape index (κ1) is 24.0. The summed E-state index contributed by atoms with van der Waals surface area (Å²) in [6.07, 6.45) is 2.34. The van der Waals surface area contributed by atoms with Crippen molar-refractivity contribution >= 4 is 45.4 Å². The van der Waals surface area contributed by atoms with Crippen LogP contribution < -0.4 is 15.8 Å². The van der Waals surface area contributed by atoms with E-state index in [1.54, 1.807) is 40.3 Å². The number of rotatable bonds is 8. The zero-order chi connectivity index (χ0) is 23.5. The number of aromatic nitrogens is 3. The molecule has 1 saturated heterocycles. The van der Waals surface area contributed by atoms with E-state index in [1.807, 2.05) is 26.2 Å². The van der Waals surface area contributed by atoms with Gasteiger partial charge in [0.15, 0.2) is 5.13 Å². The van der Waals surface area contributed by atoms with Crippen molar-refractivity contribution in [2.75, 3.05) is 29.9 Å². The first-order valence-electron chi connectivity index (χ1n) is 11.1. The predicted octanol–water partition coefficient (Wildman–Crippen LogP) is 4.96. The van der Waals surface area contributed by atoms with Gasteiger partial charge in [0.25, 0.3) is 5.56 Å². The van der Waals surface area contributed by atoms with Gasteiger partial charge in [0.1, 0.15) is 11.5 Å². The zero-order valence-electron chi connectivity index (χ0n) is 18.8. The van der Waals surface area contributed by atoms with Crippen LogP contribution in [0, 0.1) is 0 Å². The minimum atomic E-state index is -0.117. The number of ether oxygens (including phenoxy) is 1. The largest absolute Gasteiger partial charge is 0.374 e. The van der Waals surface area contributed by atoms with Gasteiger partial charge < -0.3 is 15.0 Å². The summed E-state index contributed by atoms with van der Waals surface area (Å²) in [5.74, 6) is 0.545. The third kappa shape index (κ3) is 4.89. The lowest BCUT2D eigenvalue weighted by Gasteiger charge is -2.23. The molecule has 10 heteroatoms. The van der Waals surface area contributed by atoms with Crippen molar-refractivity contribution in [2.24, 2.45) is 0 Å². The van der Waals surface area contributed by atoms with Gasteiger partial charge in [-0.3, -0.25) is 9.36 Å². The van der Waals surface area contributed by atoms with Gasteiger partial charge in [-0.15, -0.1) is 11.3 Å². The molecule has 0 saturated carbocycles. The highest BCUT2D eigenvalue weighted by atomic mass is 35.5. The van der Waals surface area contributed by atoms with Crippen molar-refractivity contribution in [1.29, 1.82) is 0 Å². The van der Waals surface area contributed by atoms with E-state index in [0.717, 1.165) is 5.13 Å². The molecule has 1 fully saturated rings. The molecule has 0 aliphatic carbocycles. The molecule has 3 aromatic rings. The molecule has 0 spiro atoms. The minimum absolute atomic E-state index is 0.0658. The molecule has 0 bridgehead atoms. The lowest BCUT2D eigenvalue weighted by molar-refractivity contribution is 0.0720. The average molecular weight is 508 g/mol. The Kier molecular flexibility index (Phi) is 7.58. The molecule has 176 valence electrons. The maximum absolute atomic E-state index is 13.6. The Morgan fingerprint density at radius 3 is 2.70 bits per heavy atom. The van der Waals surface area contributed by atoms with Gasteiger partial charge in [0, 0.05) is 48.4 Å². The Balaban J connectivity index is 1.72. The van der Waals surface area contributed by atoms with Crippen LogP contribution in [-0.4, -0.2) is 46.4 Å². The summed E-state index contributed by atoms with van der Waals surface area (Å²) < 4.78 is 7.67. The van der Waals surface area contributed by atoms with Crippen LogP contribution in [0.1, 0.15) is 26.5 Å². The first-order valence-corrected chi connectivity index (χ1v) is 12.7. The zero-order valence-corrected chi connectivity index (χ0v) is 21.2. The molecule has 0 amide bonds. The van der Waals surface area contributed by atoms with Crippen molar-refractivity contribution < 1.29 is 4.74 Å². The van der Waals surface area contributed by atoms with E-state index < -0.39 is 0 Å². The number of hydrogen-bond donors (Lipinski definition) is 1. The van der Waals surface area contributed by atoms with Gasteiger partial charge in [0.2, 0.25) is 0 Å². The number of thiazole rings is 1. The van der Waals surface area contributed by atoms with Crippen molar-refractivity contribution in [3.8, 4) is 11.4 Å².